The lowest BCUT2D eigenvalue weighted by molar-refractivity contribution is 0.00827. The van der Waals surface area contributed by atoms with Crippen LogP contribution in [0.15, 0.2) is 36.5 Å². The Balaban J connectivity index is 0.00000171. The van der Waals surface area contributed by atoms with Gasteiger partial charge < -0.3 is 15.4 Å². The van der Waals surface area contributed by atoms with Gasteiger partial charge in [-0.05, 0) is 57.0 Å². The van der Waals surface area contributed by atoms with Crippen LogP contribution in [0.3, 0.4) is 0 Å². The van der Waals surface area contributed by atoms with E-state index in [1.165, 1.54) is 0 Å². The highest BCUT2D eigenvalue weighted by atomic mass is 35.5. The van der Waals surface area contributed by atoms with Crippen molar-refractivity contribution in [1.29, 1.82) is 0 Å². The van der Waals surface area contributed by atoms with Crippen molar-refractivity contribution in [1.82, 2.24) is 24.9 Å². The number of aromatic nitrogens is 4. The van der Waals surface area contributed by atoms with Crippen molar-refractivity contribution in [3.8, 4) is 5.69 Å². The first-order valence-corrected chi connectivity index (χ1v) is 10.1. The number of pyridine rings is 1. The highest BCUT2D eigenvalue weighted by molar-refractivity contribution is 5.94. The molecule has 31 heavy (non-hydrogen) atoms. The summed E-state index contributed by atoms with van der Waals surface area (Å²) in [5, 5.41) is 9.45. The number of piperidine rings is 1. The fraction of sp³-hybridized carbons (Fsp3) is 0.429. The Hall–Kier alpha value is -2.26. The standard InChI is InChI=1S/C21H26N6O2.2ClH/c1-15-20(21(28)26-12-8-16(9-13-26)29-14-4-10-22)24-25-27(15)19-7-2-6-18-17(19)5-3-11-23-18;;/h2-3,5-7,11,16H,4,8-10,12-14,22H2,1H3;2*1H. The topological polar surface area (TPSA) is 99.2 Å². The molecule has 1 aromatic carbocycles. The minimum Gasteiger partial charge on any atom is -0.378 e. The van der Waals surface area contributed by atoms with Crippen LogP contribution in [-0.4, -0.2) is 63.1 Å². The Morgan fingerprint density at radius 2 is 1.97 bits per heavy atom. The summed E-state index contributed by atoms with van der Waals surface area (Å²) >= 11 is 0. The van der Waals surface area contributed by atoms with E-state index in [2.05, 4.69) is 15.3 Å². The van der Waals surface area contributed by atoms with Crippen LogP contribution in [0.2, 0.25) is 0 Å². The van der Waals surface area contributed by atoms with Crippen LogP contribution in [0.4, 0.5) is 0 Å². The largest absolute Gasteiger partial charge is 0.378 e. The number of benzene rings is 1. The van der Waals surface area contributed by atoms with Gasteiger partial charge in [-0.25, -0.2) is 4.68 Å². The molecule has 0 aliphatic carbocycles. The maximum absolute atomic E-state index is 13.0. The molecule has 2 aromatic heterocycles. The Kier molecular flexibility index (Phi) is 9.18. The molecule has 0 atom stereocenters. The lowest BCUT2D eigenvalue weighted by Crippen LogP contribution is -2.41. The molecule has 168 valence electrons. The van der Waals surface area contributed by atoms with E-state index in [1.54, 1.807) is 10.9 Å². The summed E-state index contributed by atoms with van der Waals surface area (Å²) in [7, 11) is 0. The Morgan fingerprint density at radius 1 is 1.19 bits per heavy atom. The third kappa shape index (κ3) is 5.33. The van der Waals surface area contributed by atoms with Crippen LogP contribution in [0.25, 0.3) is 16.6 Å². The summed E-state index contributed by atoms with van der Waals surface area (Å²) in [4.78, 5) is 19.3. The first kappa shape index (κ1) is 25.0. The fourth-order valence-corrected chi connectivity index (χ4v) is 3.74. The number of hydrogen-bond donors (Lipinski definition) is 1. The quantitative estimate of drug-likeness (QED) is 0.560. The van der Waals surface area contributed by atoms with Gasteiger partial charge in [0.1, 0.15) is 0 Å². The van der Waals surface area contributed by atoms with Crippen LogP contribution >= 0.6 is 24.8 Å². The minimum atomic E-state index is -0.0764. The second-order valence-corrected chi connectivity index (χ2v) is 7.29. The van der Waals surface area contributed by atoms with Crippen molar-refractivity contribution >= 4 is 41.6 Å². The summed E-state index contributed by atoms with van der Waals surface area (Å²) in [5.41, 5.74) is 8.38. The number of amides is 1. The van der Waals surface area contributed by atoms with Crippen LogP contribution in [0.5, 0.6) is 0 Å². The molecule has 3 heterocycles. The van der Waals surface area contributed by atoms with Crippen molar-refractivity contribution in [2.24, 2.45) is 5.73 Å². The fourth-order valence-electron chi connectivity index (χ4n) is 3.74. The highest BCUT2D eigenvalue weighted by Crippen LogP contribution is 2.23. The molecule has 1 aliphatic rings. The molecular weight excluding hydrogens is 439 g/mol. The van der Waals surface area contributed by atoms with Gasteiger partial charge in [0.2, 0.25) is 0 Å². The first-order chi connectivity index (χ1) is 14.2. The van der Waals surface area contributed by atoms with Crippen LogP contribution in [0, 0.1) is 6.92 Å². The number of carbonyl (C=O) groups is 1. The minimum absolute atomic E-state index is 0. The zero-order valence-electron chi connectivity index (χ0n) is 17.4. The molecule has 1 fully saturated rings. The lowest BCUT2D eigenvalue weighted by atomic mass is 10.1. The molecule has 1 amide bonds. The van der Waals surface area contributed by atoms with E-state index >= 15 is 0 Å². The predicted molar refractivity (Wildman–Crippen MR) is 124 cm³/mol. The molecule has 10 heteroatoms. The number of hydrogen-bond acceptors (Lipinski definition) is 6. The average molecular weight is 467 g/mol. The summed E-state index contributed by atoms with van der Waals surface area (Å²) < 4.78 is 7.55. The molecule has 0 radical (unpaired) electrons. The van der Waals surface area contributed by atoms with Crippen molar-refractivity contribution in [3.05, 3.63) is 47.9 Å². The molecule has 3 aromatic rings. The smallest absolute Gasteiger partial charge is 0.276 e. The van der Waals surface area contributed by atoms with E-state index in [-0.39, 0.29) is 36.8 Å². The third-order valence-corrected chi connectivity index (χ3v) is 5.38. The zero-order chi connectivity index (χ0) is 20.2. The summed E-state index contributed by atoms with van der Waals surface area (Å²) in [6, 6.07) is 9.74. The van der Waals surface area contributed by atoms with E-state index in [0.29, 0.717) is 31.9 Å². The number of nitrogens with two attached hydrogens (primary N) is 1. The van der Waals surface area contributed by atoms with E-state index in [4.69, 9.17) is 10.5 Å². The van der Waals surface area contributed by atoms with Gasteiger partial charge >= 0.3 is 0 Å². The molecule has 0 spiro atoms. The molecule has 4 rings (SSSR count). The van der Waals surface area contributed by atoms with Crippen molar-refractivity contribution in [2.75, 3.05) is 26.2 Å². The van der Waals surface area contributed by atoms with Crippen molar-refractivity contribution < 1.29 is 9.53 Å². The van der Waals surface area contributed by atoms with E-state index in [1.807, 2.05) is 42.2 Å². The third-order valence-electron chi connectivity index (χ3n) is 5.38. The van der Waals surface area contributed by atoms with Gasteiger partial charge in [0.05, 0.1) is 23.0 Å². The van der Waals surface area contributed by atoms with Gasteiger partial charge in [-0.3, -0.25) is 9.78 Å². The maximum atomic E-state index is 13.0. The van der Waals surface area contributed by atoms with Crippen LogP contribution in [0.1, 0.15) is 35.4 Å². The molecule has 1 aliphatic heterocycles. The first-order valence-electron chi connectivity index (χ1n) is 10.1. The molecule has 0 unspecified atom stereocenters. The Morgan fingerprint density at radius 3 is 2.71 bits per heavy atom. The average Bonchev–Trinajstić information content (AvgIpc) is 3.14. The van der Waals surface area contributed by atoms with Gasteiger partial charge in [0.25, 0.3) is 5.91 Å². The summed E-state index contributed by atoms with van der Waals surface area (Å²) in [6.07, 6.45) is 4.49. The van der Waals surface area contributed by atoms with Gasteiger partial charge in [-0.15, -0.1) is 29.9 Å². The number of carbonyl (C=O) groups excluding carboxylic acids is 1. The van der Waals surface area contributed by atoms with E-state index < -0.39 is 0 Å². The molecule has 0 bridgehead atoms. The lowest BCUT2D eigenvalue weighted by Gasteiger charge is -2.31. The molecule has 0 saturated carbocycles. The van der Waals surface area contributed by atoms with Crippen LogP contribution < -0.4 is 5.73 Å². The SMILES string of the molecule is Cc1c(C(=O)N2CCC(OCCCN)CC2)nnn1-c1cccc2ncccc12.Cl.Cl. The number of likely N-dealkylation sites (tertiary alicyclic amines) is 1. The normalized spacial score (nSPS) is 14.2. The number of ether oxygens (including phenoxy) is 1. The molecule has 2 N–H and O–H groups in total. The number of rotatable bonds is 6. The Labute approximate surface area is 194 Å². The zero-order valence-corrected chi connectivity index (χ0v) is 19.1. The predicted octanol–water partition coefficient (Wildman–Crippen LogP) is 2.94. The van der Waals surface area contributed by atoms with Gasteiger partial charge in [-0.1, -0.05) is 11.3 Å². The van der Waals surface area contributed by atoms with Crippen LogP contribution in [-0.2, 0) is 4.74 Å². The van der Waals surface area contributed by atoms with Gasteiger partial charge in [-0.2, -0.15) is 0 Å². The molecule has 1 saturated heterocycles. The van der Waals surface area contributed by atoms with Gasteiger partial charge in [0.15, 0.2) is 5.69 Å². The maximum Gasteiger partial charge on any atom is 0.276 e. The number of fused-ring (bicyclic) bond motifs is 1. The second kappa shape index (κ2) is 11.4. The number of nitrogens with zero attached hydrogens (tertiary/aromatic N) is 5. The van der Waals surface area contributed by atoms with Crippen molar-refractivity contribution in [2.45, 2.75) is 32.3 Å². The van der Waals surface area contributed by atoms with Crippen molar-refractivity contribution in [3.63, 3.8) is 0 Å². The highest BCUT2D eigenvalue weighted by Gasteiger charge is 2.27. The van der Waals surface area contributed by atoms with E-state index in [0.717, 1.165) is 41.5 Å². The van der Waals surface area contributed by atoms with Gasteiger partial charge in [0, 0.05) is 31.3 Å². The summed E-state index contributed by atoms with van der Waals surface area (Å²) in [5.74, 6) is -0.0764. The number of halogens is 2. The monoisotopic (exact) mass is 466 g/mol. The second-order valence-electron chi connectivity index (χ2n) is 7.29. The molecule has 8 nitrogen and oxygen atoms in total. The van der Waals surface area contributed by atoms with E-state index in [9.17, 15) is 4.79 Å². The summed E-state index contributed by atoms with van der Waals surface area (Å²) in [6.45, 7) is 4.53. The molecular formula is C21H28Cl2N6O2. The Bertz CT molecular complexity index is 999.